The second-order valence-electron chi connectivity index (χ2n) is 7.26. The average molecular weight is 317 g/mol. The lowest BCUT2D eigenvalue weighted by atomic mass is 10.2. The molecule has 0 aliphatic heterocycles. The van der Waals surface area contributed by atoms with Gasteiger partial charge in [-0.2, -0.15) is 0 Å². The fraction of sp³-hybridized carbons (Fsp3) is 0.571. The SMILES string of the molecule is C[Si](C)(C)C(P(F)[C@H](O)c1ccccc1)[Si](C)(C)C. The van der Waals surface area contributed by atoms with E-state index in [1.165, 1.54) is 0 Å². The van der Waals surface area contributed by atoms with Gasteiger partial charge in [-0.05, 0) is 5.56 Å². The number of aliphatic hydroxyl groups is 1. The van der Waals surface area contributed by atoms with Crippen LogP contribution in [-0.4, -0.2) is 26.2 Å². The van der Waals surface area contributed by atoms with Gasteiger partial charge in [0.1, 0.15) is 14.1 Å². The maximum absolute atomic E-state index is 15.0. The van der Waals surface area contributed by atoms with Crippen molar-refractivity contribution < 1.29 is 9.30 Å². The highest BCUT2D eigenvalue weighted by molar-refractivity contribution is 7.60. The molecule has 0 fully saturated rings. The second kappa shape index (κ2) is 6.17. The Morgan fingerprint density at radius 3 is 1.74 bits per heavy atom. The van der Waals surface area contributed by atoms with E-state index in [0.717, 1.165) is 5.56 Å². The van der Waals surface area contributed by atoms with E-state index in [2.05, 4.69) is 39.3 Å². The molecule has 0 radical (unpaired) electrons. The van der Waals surface area contributed by atoms with Crippen LogP contribution in [0, 0.1) is 0 Å². The van der Waals surface area contributed by atoms with Crippen molar-refractivity contribution in [3.63, 3.8) is 0 Å². The van der Waals surface area contributed by atoms with Crippen molar-refractivity contribution in [1.29, 1.82) is 0 Å². The van der Waals surface area contributed by atoms with Crippen molar-refractivity contribution in [3.8, 4) is 0 Å². The summed E-state index contributed by atoms with van der Waals surface area (Å²) in [5.74, 6) is -0.931. The first kappa shape index (κ1) is 17.0. The Morgan fingerprint density at radius 2 is 1.37 bits per heavy atom. The summed E-state index contributed by atoms with van der Waals surface area (Å²) in [5.41, 5.74) is 0.720. The Kier molecular flexibility index (Phi) is 5.53. The fourth-order valence-corrected chi connectivity index (χ4v) is 20.8. The molecule has 0 aromatic heterocycles. The lowest BCUT2D eigenvalue weighted by Gasteiger charge is -2.41. The first-order valence-corrected chi connectivity index (χ1v) is 15.2. The maximum Gasteiger partial charge on any atom is 0.127 e. The molecule has 1 aromatic rings. The molecule has 1 aromatic carbocycles. The Bertz CT molecular complexity index is 386. The minimum Gasteiger partial charge on any atom is -0.381 e. The zero-order chi connectivity index (χ0) is 14.8. The van der Waals surface area contributed by atoms with Gasteiger partial charge < -0.3 is 5.11 Å². The summed E-state index contributed by atoms with van der Waals surface area (Å²) in [6.07, 6.45) is 0. The molecule has 0 heterocycles. The van der Waals surface area contributed by atoms with E-state index in [0.29, 0.717) is 0 Å². The highest BCUT2D eigenvalue weighted by atomic mass is 31.2. The van der Waals surface area contributed by atoms with Gasteiger partial charge in [0, 0.05) is 4.91 Å². The zero-order valence-electron chi connectivity index (χ0n) is 12.8. The third-order valence-electron chi connectivity index (χ3n) is 3.22. The van der Waals surface area contributed by atoms with Crippen LogP contribution in [-0.2, 0) is 0 Å². The van der Waals surface area contributed by atoms with Crippen molar-refractivity contribution in [2.75, 3.05) is 0 Å². The molecule has 1 rings (SSSR count). The van der Waals surface area contributed by atoms with Gasteiger partial charge in [0.2, 0.25) is 0 Å². The number of halogens is 1. The largest absolute Gasteiger partial charge is 0.381 e. The van der Waals surface area contributed by atoms with Crippen molar-refractivity contribution in [1.82, 2.24) is 0 Å². The summed E-state index contributed by atoms with van der Waals surface area (Å²) in [5, 5.41) is 10.4. The first-order chi connectivity index (χ1) is 8.55. The lowest BCUT2D eigenvalue weighted by Crippen LogP contribution is -2.52. The van der Waals surface area contributed by atoms with Crippen LogP contribution < -0.4 is 0 Å². The molecule has 0 saturated carbocycles. The van der Waals surface area contributed by atoms with E-state index in [1.54, 1.807) is 0 Å². The van der Waals surface area contributed by atoms with Gasteiger partial charge in [0.15, 0.2) is 0 Å². The summed E-state index contributed by atoms with van der Waals surface area (Å²) in [6, 6.07) is 9.26. The minimum absolute atomic E-state index is 0.116. The van der Waals surface area contributed by atoms with Crippen LogP contribution in [0.5, 0.6) is 0 Å². The minimum atomic E-state index is -1.88. The Morgan fingerprint density at radius 1 is 0.947 bits per heavy atom. The van der Waals surface area contributed by atoms with E-state index >= 15 is 4.20 Å². The standard InChI is InChI=1S/C14H26FOPSi2/c1-18(2,3)14(19(4,5)6)17(15)13(16)12-10-8-7-9-11-12/h7-11,13-14,16H,1-6H3/t13-,17?/m0/s1. The quantitative estimate of drug-likeness (QED) is 0.587. The van der Waals surface area contributed by atoms with E-state index in [4.69, 9.17) is 0 Å². The van der Waals surface area contributed by atoms with E-state index in [1.807, 2.05) is 30.3 Å². The monoisotopic (exact) mass is 316 g/mol. The summed E-state index contributed by atoms with van der Waals surface area (Å²) in [7, 11) is -5.13. The predicted molar refractivity (Wildman–Crippen MR) is 89.9 cm³/mol. The molecule has 0 aliphatic carbocycles. The molecule has 0 saturated heterocycles. The van der Waals surface area contributed by atoms with Crippen molar-refractivity contribution in [2.45, 2.75) is 50.0 Å². The number of benzene rings is 1. The number of hydrogen-bond acceptors (Lipinski definition) is 1. The average Bonchev–Trinajstić information content (AvgIpc) is 2.25. The van der Waals surface area contributed by atoms with Gasteiger partial charge in [-0.1, -0.05) is 69.6 Å². The molecule has 108 valence electrons. The number of rotatable bonds is 5. The summed E-state index contributed by atoms with van der Waals surface area (Å²) in [4.78, 5) is 0.116. The van der Waals surface area contributed by atoms with Gasteiger partial charge in [-0.15, -0.1) is 0 Å². The maximum atomic E-state index is 15.0. The molecule has 1 N–H and O–H groups in total. The van der Waals surface area contributed by atoms with Crippen molar-refractivity contribution in [2.24, 2.45) is 0 Å². The topological polar surface area (TPSA) is 20.2 Å². The molecule has 0 spiro atoms. The third-order valence-corrected chi connectivity index (χ3v) is 19.1. The zero-order valence-corrected chi connectivity index (χ0v) is 15.7. The summed E-state index contributed by atoms with van der Waals surface area (Å²) >= 11 is 0. The molecule has 0 amide bonds. The molecule has 1 nitrogen and oxygen atoms in total. The molecule has 19 heavy (non-hydrogen) atoms. The van der Waals surface area contributed by atoms with Crippen LogP contribution in [0.15, 0.2) is 30.3 Å². The summed E-state index contributed by atoms with van der Waals surface area (Å²) in [6.45, 7) is 13.3. The van der Waals surface area contributed by atoms with E-state index in [9.17, 15) is 5.11 Å². The normalized spacial score (nSPS) is 16.5. The molecule has 5 heteroatoms. The van der Waals surface area contributed by atoms with Gasteiger partial charge >= 0.3 is 0 Å². The fourth-order valence-electron chi connectivity index (χ4n) is 2.95. The molecule has 1 unspecified atom stereocenters. The Balaban J connectivity index is 3.05. The van der Waals surface area contributed by atoms with Gasteiger partial charge in [-0.3, -0.25) is 0 Å². The molecule has 0 bridgehead atoms. The lowest BCUT2D eigenvalue weighted by molar-refractivity contribution is 0.258. The van der Waals surface area contributed by atoms with Crippen LogP contribution >= 0.6 is 8.23 Å². The third kappa shape index (κ3) is 4.49. The Hall–Kier alpha value is -0.0262. The van der Waals surface area contributed by atoms with Gasteiger partial charge in [-0.25, -0.2) is 4.20 Å². The highest BCUT2D eigenvalue weighted by Gasteiger charge is 2.46. The van der Waals surface area contributed by atoms with Gasteiger partial charge in [0.25, 0.3) is 0 Å². The predicted octanol–water partition coefficient (Wildman–Crippen LogP) is 5.17. The smallest absolute Gasteiger partial charge is 0.127 e. The number of hydrogen-bond donors (Lipinski definition) is 1. The van der Waals surface area contributed by atoms with Crippen LogP contribution in [0.3, 0.4) is 0 Å². The van der Waals surface area contributed by atoms with Crippen LogP contribution in [0.2, 0.25) is 39.3 Å². The van der Waals surface area contributed by atoms with E-state index < -0.39 is 30.2 Å². The molecular formula is C14H26FOPSi2. The molecule has 0 aliphatic rings. The molecular weight excluding hydrogens is 290 g/mol. The van der Waals surface area contributed by atoms with Crippen LogP contribution in [0.4, 0.5) is 4.20 Å². The highest BCUT2D eigenvalue weighted by Crippen LogP contribution is 2.59. The Labute approximate surface area is 120 Å². The van der Waals surface area contributed by atoms with Gasteiger partial charge in [0.05, 0.1) is 16.1 Å². The van der Waals surface area contributed by atoms with Crippen molar-refractivity contribution in [3.05, 3.63) is 35.9 Å². The van der Waals surface area contributed by atoms with Crippen LogP contribution in [0.25, 0.3) is 0 Å². The summed E-state index contributed by atoms with van der Waals surface area (Å²) < 4.78 is 15.0. The molecule has 2 atom stereocenters. The first-order valence-electron chi connectivity index (χ1n) is 6.72. The van der Waals surface area contributed by atoms with E-state index in [-0.39, 0.29) is 4.91 Å². The second-order valence-corrected chi connectivity index (χ2v) is 21.1. The number of aliphatic hydroxyl groups excluding tert-OH is 1. The van der Waals surface area contributed by atoms with Crippen LogP contribution in [0.1, 0.15) is 11.4 Å². The van der Waals surface area contributed by atoms with Crippen molar-refractivity contribution >= 4 is 24.4 Å².